The van der Waals surface area contributed by atoms with Crippen LogP contribution in [0.25, 0.3) is 0 Å². The lowest BCUT2D eigenvalue weighted by atomic mass is 9.65. The van der Waals surface area contributed by atoms with E-state index in [1.165, 1.54) is 32.1 Å². The molecule has 3 aliphatic carbocycles. The summed E-state index contributed by atoms with van der Waals surface area (Å²) in [6.45, 7) is 0. The standard InChI is InChI=1S/C13H18O/c14-11-6-7-13-10(8-11)5-4-9-2-1-3-12(9)13/h6-7,9-10,12-13H,1-5,8H2/t9?,10?,12-,13?/m0/s1. The average molecular weight is 190 g/mol. The molecule has 2 saturated carbocycles. The van der Waals surface area contributed by atoms with Crippen LogP contribution in [0.15, 0.2) is 12.2 Å². The van der Waals surface area contributed by atoms with E-state index in [0.717, 1.165) is 24.2 Å². The van der Waals surface area contributed by atoms with Crippen LogP contribution in [-0.4, -0.2) is 5.78 Å². The largest absolute Gasteiger partial charge is 0.295 e. The molecule has 3 aliphatic rings. The molecule has 0 aromatic rings. The number of fused-ring (bicyclic) bond motifs is 3. The van der Waals surface area contributed by atoms with Gasteiger partial charge in [-0.3, -0.25) is 4.79 Å². The van der Waals surface area contributed by atoms with Gasteiger partial charge in [-0.25, -0.2) is 0 Å². The second-order valence-electron chi connectivity index (χ2n) is 5.30. The number of carbonyl (C=O) groups is 1. The second-order valence-corrected chi connectivity index (χ2v) is 5.30. The van der Waals surface area contributed by atoms with Gasteiger partial charge in [-0.05, 0) is 49.0 Å². The quantitative estimate of drug-likeness (QED) is 0.574. The van der Waals surface area contributed by atoms with Crippen molar-refractivity contribution in [3.8, 4) is 0 Å². The third-order valence-corrected chi connectivity index (χ3v) is 4.63. The van der Waals surface area contributed by atoms with Crippen LogP contribution >= 0.6 is 0 Å². The third kappa shape index (κ3) is 1.25. The van der Waals surface area contributed by atoms with Crippen molar-refractivity contribution in [1.29, 1.82) is 0 Å². The van der Waals surface area contributed by atoms with Gasteiger partial charge in [-0.15, -0.1) is 0 Å². The van der Waals surface area contributed by atoms with Gasteiger partial charge in [0.15, 0.2) is 5.78 Å². The van der Waals surface area contributed by atoms with Crippen molar-refractivity contribution in [2.45, 2.75) is 38.5 Å². The van der Waals surface area contributed by atoms with Gasteiger partial charge in [0.25, 0.3) is 0 Å². The van der Waals surface area contributed by atoms with Gasteiger partial charge >= 0.3 is 0 Å². The van der Waals surface area contributed by atoms with Crippen molar-refractivity contribution < 1.29 is 4.79 Å². The van der Waals surface area contributed by atoms with E-state index in [-0.39, 0.29) is 0 Å². The van der Waals surface area contributed by atoms with Gasteiger partial charge in [0, 0.05) is 6.42 Å². The van der Waals surface area contributed by atoms with E-state index in [2.05, 4.69) is 6.08 Å². The van der Waals surface area contributed by atoms with Crippen LogP contribution < -0.4 is 0 Å². The number of rotatable bonds is 0. The van der Waals surface area contributed by atoms with Crippen molar-refractivity contribution in [1.82, 2.24) is 0 Å². The van der Waals surface area contributed by atoms with E-state index in [4.69, 9.17) is 0 Å². The zero-order valence-corrected chi connectivity index (χ0v) is 8.61. The highest BCUT2D eigenvalue weighted by Crippen LogP contribution is 2.50. The van der Waals surface area contributed by atoms with E-state index >= 15 is 0 Å². The molecule has 1 heteroatoms. The summed E-state index contributed by atoms with van der Waals surface area (Å²) in [4.78, 5) is 11.3. The monoisotopic (exact) mass is 190 g/mol. The molecule has 0 radical (unpaired) electrons. The van der Waals surface area contributed by atoms with Gasteiger partial charge in [-0.1, -0.05) is 18.9 Å². The minimum Gasteiger partial charge on any atom is -0.295 e. The lowest BCUT2D eigenvalue weighted by molar-refractivity contribution is -0.117. The molecule has 0 aliphatic heterocycles. The lowest BCUT2D eigenvalue weighted by Gasteiger charge is -2.40. The van der Waals surface area contributed by atoms with E-state index in [0.29, 0.717) is 11.7 Å². The predicted molar refractivity (Wildman–Crippen MR) is 55.8 cm³/mol. The minimum absolute atomic E-state index is 0.364. The fourth-order valence-corrected chi connectivity index (χ4v) is 3.98. The number of ketones is 1. The minimum atomic E-state index is 0.364. The summed E-state index contributed by atoms with van der Waals surface area (Å²) in [5.74, 6) is 3.75. The Labute approximate surface area is 85.6 Å². The van der Waals surface area contributed by atoms with Crippen LogP contribution in [-0.2, 0) is 4.79 Å². The van der Waals surface area contributed by atoms with E-state index < -0.39 is 0 Å². The molecular weight excluding hydrogens is 172 g/mol. The Hall–Kier alpha value is -0.590. The summed E-state index contributed by atoms with van der Waals surface area (Å²) in [7, 11) is 0. The van der Waals surface area contributed by atoms with E-state index in [1.54, 1.807) is 0 Å². The molecule has 14 heavy (non-hydrogen) atoms. The predicted octanol–water partition coefficient (Wildman–Crippen LogP) is 2.96. The fraction of sp³-hybridized carbons (Fsp3) is 0.769. The smallest absolute Gasteiger partial charge is 0.155 e. The molecule has 0 heterocycles. The van der Waals surface area contributed by atoms with Gasteiger partial charge in [-0.2, -0.15) is 0 Å². The van der Waals surface area contributed by atoms with Gasteiger partial charge in [0.2, 0.25) is 0 Å². The first-order chi connectivity index (χ1) is 6.84. The van der Waals surface area contributed by atoms with Crippen LogP contribution in [0, 0.1) is 23.7 Å². The second kappa shape index (κ2) is 3.22. The van der Waals surface area contributed by atoms with Gasteiger partial charge < -0.3 is 0 Å². The SMILES string of the molecule is O=C1C=CC2C(CCC3CCC[C@@H]32)C1. The highest BCUT2D eigenvalue weighted by Gasteiger charge is 2.41. The molecule has 0 saturated heterocycles. The van der Waals surface area contributed by atoms with Gasteiger partial charge in [0.05, 0.1) is 0 Å². The van der Waals surface area contributed by atoms with Gasteiger partial charge in [0.1, 0.15) is 0 Å². The van der Waals surface area contributed by atoms with Crippen molar-refractivity contribution in [3.05, 3.63) is 12.2 Å². The first-order valence-electron chi connectivity index (χ1n) is 6.05. The molecule has 0 aromatic carbocycles. The fourth-order valence-electron chi connectivity index (χ4n) is 3.98. The Balaban J connectivity index is 1.86. The molecule has 0 bridgehead atoms. The Morgan fingerprint density at radius 1 is 1.07 bits per heavy atom. The van der Waals surface area contributed by atoms with Crippen LogP contribution in [0.4, 0.5) is 0 Å². The Bertz CT molecular complexity index is 279. The van der Waals surface area contributed by atoms with Crippen molar-refractivity contribution in [2.24, 2.45) is 23.7 Å². The normalized spacial score (nSPS) is 46.1. The number of hydrogen-bond acceptors (Lipinski definition) is 1. The molecule has 3 rings (SSSR count). The topological polar surface area (TPSA) is 17.1 Å². The first kappa shape index (κ1) is 8.70. The lowest BCUT2D eigenvalue weighted by Crippen LogP contribution is -2.33. The molecule has 3 unspecified atom stereocenters. The summed E-state index contributed by atoms with van der Waals surface area (Å²) in [5, 5.41) is 0. The number of hydrogen-bond donors (Lipinski definition) is 0. The Morgan fingerprint density at radius 3 is 2.86 bits per heavy atom. The first-order valence-corrected chi connectivity index (χ1v) is 6.05. The molecule has 1 nitrogen and oxygen atoms in total. The molecule has 0 spiro atoms. The van der Waals surface area contributed by atoms with Crippen LogP contribution in [0.2, 0.25) is 0 Å². The zero-order chi connectivity index (χ0) is 9.54. The van der Waals surface area contributed by atoms with E-state index in [1.807, 2.05) is 6.08 Å². The average Bonchev–Trinajstić information content (AvgIpc) is 2.65. The Morgan fingerprint density at radius 2 is 1.93 bits per heavy atom. The molecule has 0 N–H and O–H groups in total. The van der Waals surface area contributed by atoms with Crippen molar-refractivity contribution >= 4 is 5.78 Å². The van der Waals surface area contributed by atoms with Crippen LogP contribution in [0.5, 0.6) is 0 Å². The molecule has 2 fully saturated rings. The molecule has 76 valence electrons. The highest BCUT2D eigenvalue weighted by molar-refractivity contribution is 5.90. The maximum Gasteiger partial charge on any atom is 0.155 e. The van der Waals surface area contributed by atoms with Crippen LogP contribution in [0.1, 0.15) is 38.5 Å². The molecular formula is C13H18O. The summed E-state index contributed by atoms with van der Waals surface area (Å²) in [5.41, 5.74) is 0. The maximum atomic E-state index is 11.3. The molecule has 0 amide bonds. The highest BCUT2D eigenvalue weighted by atomic mass is 16.1. The summed E-state index contributed by atoms with van der Waals surface area (Å²) < 4.78 is 0. The Kier molecular flexibility index (Phi) is 2.00. The molecule has 0 aromatic heterocycles. The van der Waals surface area contributed by atoms with Crippen molar-refractivity contribution in [3.63, 3.8) is 0 Å². The third-order valence-electron chi connectivity index (χ3n) is 4.63. The maximum absolute atomic E-state index is 11.3. The zero-order valence-electron chi connectivity index (χ0n) is 8.61. The summed E-state index contributed by atoms with van der Waals surface area (Å²) in [6, 6.07) is 0. The van der Waals surface area contributed by atoms with E-state index in [9.17, 15) is 4.79 Å². The summed E-state index contributed by atoms with van der Waals surface area (Å²) in [6.07, 6.45) is 11.9. The number of carbonyl (C=O) groups excluding carboxylic acids is 1. The molecule has 4 atom stereocenters. The van der Waals surface area contributed by atoms with Crippen molar-refractivity contribution in [2.75, 3.05) is 0 Å². The summed E-state index contributed by atoms with van der Waals surface area (Å²) >= 11 is 0. The number of allylic oxidation sites excluding steroid dienone is 2. The van der Waals surface area contributed by atoms with Crippen LogP contribution in [0.3, 0.4) is 0 Å².